The van der Waals surface area contributed by atoms with E-state index in [1.54, 1.807) is 0 Å². The molecule has 1 aromatic carbocycles. The molecule has 0 amide bonds. The van der Waals surface area contributed by atoms with Crippen molar-refractivity contribution in [2.24, 2.45) is 0 Å². The monoisotopic (exact) mass is 264 g/mol. The van der Waals surface area contributed by atoms with Gasteiger partial charge in [-0.05, 0) is 28.1 Å². The van der Waals surface area contributed by atoms with Crippen LogP contribution in [0.3, 0.4) is 0 Å². The van der Waals surface area contributed by atoms with Gasteiger partial charge in [0.25, 0.3) is 0 Å². The van der Waals surface area contributed by atoms with Crippen LogP contribution in [0.25, 0.3) is 0 Å². The van der Waals surface area contributed by atoms with E-state index >= 15 is 0 Å². The average molecular weight is 265 g/mol. The molecule has 1 heterocycles. The van der Waals surface area contributed by atoms with E-state index < -0.39 is 17.9 Å². The van der Waals surface area contributed by atoms with Crippen LogP contribution in [0.5, 0.6) is 0 Å². The molecule has 5 heteroatoms. The minimum atomic E-state index is -0.790. The van der Waals surface area contributed by atoms with Gasteiger partial charge in [-0.2, -0.15) is 0 Å². The molecule has 1 aromatic rings. The lowest BCUT2D eigenvalue weighted by atomic mass is 10.2. The first-order valence-corrected chi connectivity index (χ1v) is 4.85. The van der Waals surface area contributed by atoms with Crippen LogP contribution < -0.4 is 0 Å². The fourth-order valence-corrected chi connectivity index (χ4v) is 1.73. The normalized spacial score (nSPS) is 17.6. The van der Waals surface area contributed by atoms with E-state index in [1.165, 1.54) is 0 Å². The Morgan fingerprint density at radius 1 is 1.21 bits per heavy atom. The molecule has 0 unspecified atom stereocenters. The van der Waals surface area contributed by atoms with Crippen LogP contribution in [-0.2, 0) is 9.47 Å². The first kappa shape index (κ1) is 10.0. The number of rotatable bonds is 1. The molecule has 0 aliphatic carbocycles. The molecule has 1 aliphatic rings. The van der Waals surface area contributed by atoms with Gasteiger partial charge in [-0.15, -0.1) is 0 Å². The van der Waals surface area contributed by atoms with E-state index in [-0.39, 0.29) is 10.0 Å². The van der Waals surface area contributed by atoms with E-state index in [0.717, 1.165) is 12.1 Å². The summed E-state index contributed by atoms with van der Waals surface area (Å²) < 4.78 is 36.6. The molecule has 0 bridgehead atoms. The maximum absolute atomic E-state index is 13.5. The third-order valence-corrected chi connectivity index (χ3v) is 2.47. The van der Waals surface area contributed by atoms with Gasteiger partial charge in [-0.3, -0.25) is 0 Å². The number of benzene rings is 1. The smallest absolute Gasteiger partial charge is 0.186 e. The lowest BCUT2D eigenvalue weighted by Crippen LogP contribution is -2.02. The predicted octanol–water partition coefficient (Wildman–Crippen LogP) is 2.77. The van der Waals surface area contributed by atoms with Crippen molar-refractivity contribution < 1.29 is 18.3 Å². The lowest BCUT2D eigenvalue weighted by molar-refractivity contribution is -0.0467. The van der Waals surface area contributed by atoms with Crippen LogP contribution in [0.2, 0.25) is 0 Å². The van der Waals surface area contributed by atoms with Gasteiger partial charge in [-0.25, -0.2) is 8.78 Å². The van der Waals surface area contributed by atoms with Crippen molar-refractivity contribution in [1.29, 1.82) is 0 Å². The van der Waals surface area contributed by atoms with Gasteiger partial charge in [0.1, 0.15) is 11.6 Å². The van der Waals surface area contributed by atoms with Gasteiger partial charge < -0.3 is 9.47 Å². The summed E-state index contributed by atoms with van der Waals surface area (Å²) in [6.45, 7) is 0.802. The van der Waals surface area contributed by atoms with Gasteiger partial charge in [-0.1, -0.05) is 0 Å². The van der Waals surface area contributed by atoms with Crippen LogP contribution in [0, 0.1) is 11.6 Å². The van der Waals surface area contributed by atoms with Crippen molar-refractivity contribution in [3.8, 4) is 0 Å². The third kappa shape index (κ3) is 1.80. The molecular formula is C9H7BrF2O2. The zero-order chi connectivity index (χ0) is 10.1. The van der Waals surface area contributed by atoms with E-state index in [2.05, 4.69) is 15.9 Å². The van der Waals surface area contributed by atoms with E-state index in [4.69, 9.17) is 9.47 Å². The molecule has 0 radical (unpaired) electrons. The van der Waals surface area contributed by atoms with Gasteiger partial charge in [0, 0.05) is 5.56 Å². The summed E-state index contributed by atoms with van der Waals surface area (Å²) in [7, 11) is 0. The largest absolute Gasteiger partial charge is 0.346 e. The minimum Gasteiger partial charge on any atom is -0.346 e. The highest BCUT2D eigenvalue weighted by Gasteiger charge is 2.23. The Labute approximate surface area is 87.9 Å². The molecule has 2 nitrogen and oxygen atoms in total. The number of hydrogen-bond acceptors (Lipinski definition) is 2. The Morgan fingerprint density at radius 2 is 1.86 bits per heavy atom. The first-order valence-electron chi connectivity index (χ1n) is 4.06. The Hall–Kier alpha value is -0.520. The second-order valence-electron chi connectivity index (χ2n) is 2.86. The molecule has 0 atom stereocenters. The molecule has 1 fully saturated rings. The summed E-state index contributed by atoms with van der Waals surface area (Å²) in [5, 5.41) is 0. The highest BCUT2D eigenvalue weighted by Crippen LogP contribution is 2.30. The molecule has 0 N–H and O–H groups in total. The fraction of sp³-hybridized carbons (Fsp3) is 0.333. The molecule has 14 heavy (non-hydrogen) atoms. The lowest BCUT2D eigenvalue weighted by Gasteiger charge is -2.11. The predicted molar refractivity (Wildman–Crippen MR) is 48.7 cm³/mol. The third-order valence-electron chi connectivity index (χ3n) is 1.90. The van der Waals surface area contributed by atoms with Gasteiger partial charge in [0.05, 0.1) is 17.7 Å². The first-order chi connectivity index (χ1) is 6.68. The zero-order valence-electron chi connectivity index (χ0n) is 7.10. The van der Waals surface area contributed by atoms with Crippen molar-refractivity contribution in [3.05, 3.63) is 33.8 Å². The summed E-state index contributed by atoms with van der Waals surface area (Å²) >= 11 is 2.92. The van der Waals surface area contributed by atoms with Crippen LogP contribution in [0.1, 0.15) is 11.9 Å². The topological polar surface area (TPSA) is 18.5 Å². The Balaban J connectivity index is 2.40. The number of ether oxygens (including phenoxy) is 2. The molecule has 0 saturated carbocycles. The van der Waals surface area contributed by atoms with Crippen LogP contribution >= 0.6 is 15.9 Å². The number of halogens is 3. The Bertz CT molecular complexity index is 351. The molecule has 1 aliphatic heterocycles. The van der Waals surface area contributed by atoms with Crippen LogP contribution in [0.4, 0.5) is 8.78 Å². The summed E-state index contributed by atoms with van der Waals surface area (Å²) in [5.74, 6) is -1.06. The highest BCUT2D eigenvalue weighted by atomic mass is 79.9. The second kappa shape index (κ2) is 3.92. The van der Waals surface area contributed by atoms with Gasteiger partial charge in [0.15, 0.2) is 6.29 Å². The van der Waals surface area contributed by atoms with E-state index in [0.29, 0.717) is 13.2 Å². The maximum Gasteiger partial charge on any atom is 0.186 e. The van der Waals surface area contributed by atoms with Crippen molar-refractivity contribution in [2.45, 2.75) is 6.29 Å². The van der Waals surface area contributed by atoms with Crippen LogP contribution in [-0.4, -0.2) is 13.2 Å². The quantitative estimate of drug-likeness (QED) is 0.727. The SMILES string of the molecule is Fc1cc(Br)c(F)c(C2OCCO2)c1. The highest BCUT2D eigenvalue weighted by molar-refractivity contribution is 9.10. The molecule has 1 saturated heterocycles. The van der Waals surface area contributed by atoms with Gasteiger partial charge >= 0.3 is 0 Å². The zero-order valence-corrected chi connectivity index (χ0v) is 8.68. The average Bonchev–Trinajstić information content (AvgIpc) is 2.63. The molecule has 0 spiro atoms. The van der Waals surface area contributed by atoms with Crippen molar-refractivity contribution in [1.82, 2.24) is 0 Å². The second-order valence-corrected chi connectivity index (χ2v) is 3.72. The molecule has 2 rings (SSSR count). The summed E-state index contributed by atoms with van der Waals surface area (Å²) in [6, 6.07) is 2.14. The number of hydrogen-bond donors (Lipinski definition) is 0. The van der Waals surface area contributed by atoms with Crippen molar-refractivity contribution >= 4 is 15.9 Å². The van der Waals surface area contributed by atoms with Crippen molar-refractivity contribution in [2.75, 3.05) is 13.2 Å². The fourth-order valence-electron chi connectivity index (χ4n) is 1.29. The standard InChI is InChI=1S/C9H7BrF2O2/c10-7-4-5(11)3-6(8(7)12)9-13-1-2-14-9/h3-4,9H,1-2H2. The summed E-state index contributed by atoms with van der Waals surface area (Å²) in [6.07, 6.45) is -0.790. The van der Waals surface area contributed by atoms with E-state index in [1.807, 2.05) is 0 Å². The summed E-state index contributed by atoms with van der Waals surface area (Å²) in [4.78, 5) is 0. The minimum absolute atomic E-state index is 0.0756. The Morgan fingerprint density at radius 3 is 2.50 bits per heavy atom. The Kier molecular flexibility index (Phi) is 2.80. The van der Waals surface area contributed by atoms with Gasteiger partial charge in [0.2, 0.25) is 0 Å². The molecule has 0 aromatic heterocycles. The van der Waals surface area contributed by atoms with E-state index in [9.17, 15) is 8.78 Å². The van der Waals surface area contributed by atoms with Crippen molar-refractivity contribution in [3.63, 3.8) is 0 Å². The van der Waals surface area contributed by atoms with Crippen LogP contribution in [0.15, 0.2) is 16.6 Å². The maximum atomic E-state index is 13.5. The molecule has 76 valence electrons. The summed E-state index contributed by atoms with van der Waals surface area (Å²) in [5.41, 5.74) is 0.0920. The molecular weight excluding hydrogens is 258 g/mol.